The Morgan fingerprint density at radius 1 is 1.10 bits per heavy atom. The summed E-state index contributed by atoms with van der Waals surface area (Å²) < 4.78 is 20.7. The van der Waals surface area contributed by atoms with Gasteiger partial charge in [0.25, 0.3) is 0 Å². The number of nitrogens with zero attached hydrogens (tertiary/aromatic N) is 1. The van der Waals surface area contributed by atoms with Crippen LogP contribution in [0.4, 0.5) is 0 Å². The highest BCUT2D eigenvalue weighted by Crippen LogP contribution is 2.29. The number of hydrogen-bond donors (Lipinski definition) is 0. The molecule has 30 heavy (non-hydrogen) atoms. The van der Waals surface area contributed by atoms with Gasteiger partial charge in [-0.25, -0.2) is 4.79 Å². The van der Waals surface area contributed by atoms with Crippen molar-refractivity contribution < 1.29 is 28.0 Å². The van der Waals surface area contributed by atoms with E-state index in [-0.39, 0.29) is 42.7 Å². The molecule has 0 N–H and O–H groups in total. The summed E-state index contributed by atoms with van der Waals surface area (Å²) in [6.45, 7) is 3.80. The van der Waals surface area contributed by atoms with Crippen molar-refractivity contribution in [3.05, 3.63) is 56.7 Å². The third-order valence-electron chi connectivity index (χ3n) is 4.37. The van der Waals surface area contributed by atoms with Crippen LogP contribution in [0, 0.1) is 6.92 Å². The number of carbonyl (C=O) groups excluding carboxylic acids is 2. The van der Waals surface area contributed by atoms with Crippen molar-refractivity contribution in [2.24, 2.45) is 0 Å². The van der Waals surface area contributed by atoms with E-state index in [2.05, 4.69) is 5.16 Å². The van der Waals surface area contributed by atoms with Gasteiger partial charge in [0.15, 0.2) is 5.15 Å². The molecule has 0 amide bonds. The SMILES string of the molecule is CCOC(=O)CCc1cc2c(C)cc(=O)oc2cc1OC(=O)CCc1cc(Cl)no1. The lowest BCUT2D eigenvalue weighted by atomic mass is 10.0. The molecular formula is C21H20ClNO7. The molecule has 2 aromatic heterocycles. The number of fused-ring (bicyclic) bond motifs is 1. The fourth-order valence-corrected chi connectivity index (χ4v) is 3.11. The Morgan fingerprint density at radius 3 is 2.57 bits per heavy atom. The van der Waals surface area contributed by atoms with Gasteiger partial charge in [0, 0.05) is 36.4 Å². The summed E-state index contributed by atoms with van der Waals surface area (Å²) in [6.07, 6.45) is 0.709. The Hall–Kier alpha value is -3.13. The molecule has 0 spiro atoms. The number of halogens is 1. The van der Waals surface area contributed by atoms with E-state index in [1.807, 2.05) is 0 Å². The van der Waals surface area contributed by atoms with E-state index in [1.54, 1.807) is 19.9 Å². The molecule has 0 radical (unpaired) electrons. The Morgan fingerprint density at radius 2 is 1.87 bits per heavy atom. The molecule has 0 fully saturated rings. The van der Waals surface area contributed by atoms with E-state index in [4.69, 9.17) is 30.0 Å². The minimum absolute atomic E-state index is 0.0264. The number of aryl methyl sites for hydroxylation is 3. The van der Waals surface area contributed by atoms with Gasteiger partial charge < -0.3 is 18.4 Å². The first-order valence-electron chi connectivity index (χ1n) is 9.40. The highest BCUT2D eigenvalue weighted by atomic mass is 35.5. The first-order chi connectivity index (χ1) is 14.4. The lowest BCUT2D eigenvalue weighted by molar-refractivity contribution is -0.143. The minimum Gasteiger partial charge on any atom is -0.466 e. The maximum absolute atomic E-state index is 12.4. The van der Waals surface area contributed by atoms with Gasteiger partial charge in [0.05, 0.1) is 13.0 Å². The smallest absolute Gasteiger partial charge is 0.336 e. The predicted molar refractivity (Wildman–Crippen MR) is 108 cm³/mol. The van der Waals surface area contributed by atoms with Gasteiger partial charge in [-0.2, -0.15) is 0 Å². The first kappa shape index (κ1) is 21.6. The molecule has 0 unspecified atom stereocenters. The van der Waals surface area contributed by atoms with Crippen LogP contribution in [0.3, 0.4) is 0 Å². The monoisotopic (exact) mass is 433 g/mol. The first-order valence-corrected chi connectivity index (χ1v) is 9.78. The van der Waals surface area contributed by atoms with E-state index < -0.39 is 11.6 Å². The van der Waals surface area contributed by atoms with Crippen LogP contribution in [0.2, 0.25) is 5.15 Å². The Balaban J connectivity index is 1.83. The van der Waals surface area contributed by atoms with E-state index in [0.717, 1.165) is 5.56 Å². The zero-order valence-corrected chi connectivity index (χ0v) is 17.3. The van der Waals surface area contributed by atoms with Gasteiger partial charge in [-0.15, -0.1) is 0 Å². The molecule has 0 saturated carbocycles. The van der Waals surface area contributed by atoms with Crippen molar-refractivity contribution in [3.8, 4) is 5.75 Å². The number of esters is 2. The summed E-state index contributed by atoms with van der Waals surface area (Å²) in [5, 5.41) is 4.46. The van der Waals surface area contributed by atoms with Gasteiger partial charge >= 0.3 is 17.6 Å². The van der Waals surface area contributed by atoms with Crippen molar-refractivity contribution >= 4 is 34.5 Å². The van der Waals surface area contributed by atoms with Crippen LogP contribution in [0.1, 0.15) is 36.7 Å². The number of benzene rings is 1. The Bertz CT molecular complexity index is 1130. The van der Waals surface area contributed by atoms with Crippen molar-refractivity contribution in [1.29, 1.82) is 0 Å². The Labute approximate surface area is 176 Å². The summed E-state index contributed by atoms with van der Waals surface area (Å²) in [4.78, 5) is 35.8. The highest BCUT2D eigenvalue weighted by Gasteiger charge is 2.16. The molecular weight excluding hydrogens is 414 g/mol. The maximum atomic E-state index is 12.4. The van der Waals surface area contributed by atoms with Crippen LogP contribution in [-0.4, -0.2) is 23.7 Å². The van der Waals surface area contributed by atoms with Crippen molar-refractivity contribution in [2.45, 2.75) is 39.5 Å². The molecule has 0 aliphatic carbocycles. The maximum Gasteiger partial charge on any atom is 0.336 e. The van der Waals surface area contributed by atoms with Gasteiger partial charge in [-0.05, 0) is 37.5 Å². The Kier molecular flexibility index (Phi) is 6.89. The van der Waals surface area contributed by atoms with Gasteiger partial charge in [0.2, 0.25) is 0 Å². The van der Waals surface area contributed by atoms with E-state index in [9.17, 15) is 14.4 Å². The molecule has 2 heterocycles. The fraction of sp³-hybridized carbons (Fsp3) is 0.333. The second-order valence-electron chi connectivity index (χ2n) is 6.60. The molecule has 8 nitrogen and oxygen atoms in total. The van der Waals surface area contributed by atoms with Gasteiger partial charge in [-0.1, -0.05) is 16.8 Å². The third-order valence-corrected chi connectivity index (χ3v) is 4.54. The van der Waals surface area contributed by atoms with Crippen molar-refractivity contribution in [2.75, 3.05) is 6.61 Å². The largest absolute Gasteiger partial charge is 0.466 e. The quantitative estimate of drug-likeness (QED) is 0.300. The number of rotatable bonds is 8. The normalized spacial score (nSPS) is 10.9. The summed E-state index contributed by atoms with van der Waals surface area (Å²) >= 11 is 5.70. The van der Waals surface area contributed by atoms with Crippen molar-refractivity contribution in [3.63, 3.8) is 0 Å². The summed E-state index contributed by atoms with van der Waals surface area (Å²) in [6, 6.07) is 6.15. The van der Waals surface area contributed by atoms with Crippen LogP contribution in [0.5, 0.6) is 5.75 Å². The molecule has 0 bridgehead atoms. The van der Waals surface area contributed by atoms with Crippen LogP contribution in [0.25, 0.3) is 11.0 Å². The second-order valence-corrected chi connectivity index (χ2v) is 6.99. The number of hydrogen-bond acceptors (Lipinski definition) is 8. The zero-order chi connectivity index (χ0) is 21.7. The average Bonchev–Trinajstić information content (AvgIpc) is 3.10. The number of aromatic nitrogens is 1. The van der Waals surface area contributed by atoms with E-state index in [1.165, 1.54) is 18.2 Å². The van der Waals surface area contributed by atoms with Gasteiger partial charge in [-0.3, -0.25) is 9.59 Å². The lowest BCUT2D eigenvalue weighted by Crippen LogP contribution is -2.12. The molecule has 9 heteroatoms. The summed E-state index contributed by atoms with van der Waals surface area (Å²) in [7, 11) is 0. The number of ether oxygens (including phenoxy) is 2. The molecule has 0 saturated heterocycles. The topological polar surface area (TPSA) is 109 Å². The van der Waals surface area contributed by atoms with E-state index >= 15 is 0 Å². The molecule has 0 atom stereocenters. The number of carbonyl (C=O) groups is 2. The lowest BCUT2D eigenvalue weighted by Gasteiger charge is -2.12. The fourth-order valence-electron chi connectivity index (χ4n) is 2.96. The second kappa shape index (κ2) is 9.58. The summed E-state index contributed by atoms with van der Waals surface area (Å²) in [5.74, 6) is -0.191. The molecule has 158 valence electrons. The van der Waals surface area contributed by atoms with Crippen LogP contribution in [-0.2, 0) is 27.2 Å². The molecule has 0 aliphatic heterocycles. The third kappa shape index (κ3) is 5.48. The van der Waals surface area contributed by atoms with Crippen molar-refractivity contribution in [1.82, 2.24) is 5.16 Å². The highest BCUT2D eigenvalue weighted by molar-refractivity contribution is 6.29. The van der Waals surface area contributed by atoms with Gasteiger partial charge in [0.1, 0.15) is 17.1 Å². The summed E-state index contributed by atoms with van der Waals surface area (Å²) in [5.41, 5.74) is 1.14. The van der Waals surface area contributed by atoms with Crippen LogP contribution in [0.15, 0.2) is 38.0 Å². The average molecular weight is 434 g/mol. The van der Waals surface area contributed by atoms with E-state index in [0.29, 0.717) is 28.7 Å². The standard InChI is InChI=1S/C21H20ClNO7/c1-3-27-19(24)6-4-13-9-15-12(2)8-21(26)29-17(15)11-16(13)28-20(25)7-5-14-10-18(22)23-30-14/h8-11H,3-7H2,1-2H3. The predicted octanol–water partition coefficient (Wildman–Crippen LogP) is 3.78. The zero-order valence-electron chi connectivity index (χ0n) is 16.5. The minimum atomic E-state index is -0.519. The molecule has 0 aliphatic rings. The van der Waals surface area contributed by atoms with Crippen LogP contribution >= 0.6 is 11.6 Å². The molecule has 3 rings (SSSR count). The molecule has 1 aromatic carbocycles. The molecule has 3 aromatic rings. The van der Waals surface area contributed by atoms with Crippen LogP contribution < -0.4 is 10.4 Å².